The number of furan rings is 1. The summed E-state index contributed by atoms with van der Waals surface area (Å²) in [5.41, 5.74) is 3.92. The van der Waals surface area contributed by atoms with Crippen molar-refractivity contribution >= 4 is 17.6 Å². The molecule has 0 bridgehead atoms. The fraction of sp³-hybridized carbons (Fsp3) is 0.333. The zero-order valence-corrected chi connectivity index (χ0v) is 14.1. The number of carbonyl (C=O) groups excluding carboxylic acids is 2. The van der Waals surface area contributed by atoms with Gasteiger partial charge in [-0.3, -0.25) is 4.79 Å². The molecule has 5 heteroatoms. The van der Waals surface area contributed by atoms with Gasteiger partial charge in [0.2, 0.25) is 0 Å². The molecule has 0 saturated carbocycles. The number of hydrogen-bond donors (Lipinski definition) is 1. The summed E-state index contributed by atoms with van der Waals surface area (Å²) < 4.78 is 10.5. The summed E-state index contributed by atoms with van der Waals surface area (Å²) in [6.07, 6.45) is 0. The van der Waals surface area contributed by atoms with Crippen LogP contribution in [0.4, 0.5) is 5.69 Å². The Morgan fingerprint density at radius 2 is 1.78 bits per heavy atom. The first-order valence-electron chi connectivity index (χ1n) is 7.40. The monoisotopic (exact) mass is 315 g/mol. The number of rotatable bonds is 4. The van der Waals surface area contributed by atoms with Crippen molar-refractivity contribution in [2.75, 3.05) is 11.9 Å². The fourth-order valence-corrected chi connectivity index (χ4v) is 2.44. The average molecular weight is 315 g/mol. The molecule has 0 unspecified atom stereocenters. The Hall–Kier alpha value is -2.56. The van der Waals surface area contributed by atoms with Gasteiger partial charge in [0.15, 0.2) is 6.61 Å². The molecular formula is C18H21NO4. The van der Waals surface area contributed by atoms with Crippen LogP contribution in [0.25, 0.3) is 0 Å². The van der Waals surface area contributed by atoms with E-state index in [1.165, 1.54) is 0 Å². The molecule has 0 aliphatic heterocycles. The Balaban J connectivity index is 1.97. The van der Waals surface area contributed by atoms with E-state index in [9.17, 15) is 9.59 Å². The van der Waals surface area contributed by atoms with Crippen LogP contribution in [0.2, 0.25) is 0 Å². The van der Waals surface area contributed by atoms with Crippen molar-refractivity contribution in [1.29, 1.82) is 0 Å². The smallest absolute Gasteiger partial charge is 0.342 e. The number of esters is 1. The summed E-state index contributed by atoms with van der Waals surface area (Å²) in [5, 5.41) is 2.74. The molecule has 0 atom stereocenters. The molecule has 1 heterocycles. The van der Waals surface area contributed by atoms with Crippen LogP contribution in [0.1, 0.15) is 38.6 Å². The SMILES string of the molecule is Cc1ccc(NC(=O)COC(=O)c2c(C)oc(C)c2C)c(C)c1. The standard InChI is InChI=1S/C18H21NO4/c1-10-6-7-15(11(2)8-10)19-16(20)9-22-18(21)17-12(3)13(4)23-14(17)5/h6-8H,9H2,1-5H3,(H,19,20). The van der Waals surface area contributed by atoms with Crippen LogP contribution in [-0.2, 0) is 9.53 Å². The second-order valence-electron chi connectivity index (χ2n) is 5.66. The second-order valence-corrected chi connectivity index (χ2v) is 5.66. The largest absolute Gasteiger partial charge is 0.465 e. The minimum absolute atomic E-state index is 0.338. The summed E-state index contributed by atoms with van der Waals surface area (Å²) in [6, 6.07) is 5.72. The zero-order valence-electron chi connectivity index (χ0n) is 14.1. The van der Waals surface area contributed by atoms with E-state index in [1.54, 1.807) is 20.8 Å². The van der Waals surface area contributed by atoms with Crippen LogP contribution in [-0.4, -0.2) is 18.5 Å². The molecule has 1 amide bonds. The van der Waals surface area contributed by atoms with E-state index >= 15 is 0 Å². The Kier molecular flexibility index (Phi) is 4.89. The highest BCUT2D eigenvalue weighted by Crippen LogP contribution is 2.21. The number of nitrogens with one attached hydrogen (secondary N) is 1. The lowest BCUT2D eigenvalue weighted by atomic mass is 10.1. The van der Waals surface area contributed by atoms with Crippen molar-refractivity contribution in [2.45, 2.75) is 34.6 Å². The number of aryl methyl sites for hydroxylation is 4. The van der Waals surface area contributed by atoms with E-state index in [-0.39, 0.29) is 12.5 Å². The summed E-state index contributed by atoms with van der Waals surface area (Å²) in [5.74, 6) is 0.252. The molecule has 0 spiro atoms. The van der Waals surface area contributed by atoms with Crippen molar-refractivity contribution in [1.82, 2.24) is 0 Å². The number of ether oxygens (including phenoxy) is 1. The van der Waals surface area contributed by atoms with Gasteiger partial charge in [0.05, 0.1) is 0 Å². The lowest BCUT2D eigenvalue weighted by Gasteiger charge is -2.09. The molecule has 1 aromatic carbocycles. The maximum atomic E-state index is 12.1. The Bertz CT molecular complexity index is 759. The molecule has 0 fully saturated rings. The molecule has 0 radical (unpaired) electrons. The van der Waals surface area contributed by atoms with Crippen LogP contribution in [0.3, 0.4) is 0 Å². The van der Waals surface area contributed by atoms with Crippen molar-refractivity contribution < 1.29 is 18.7 Å². The lowest BCUT2D eigenvalue weighted by Crippen LogP contribution is -2.21. The number of anilines is 1. The number of carbonyl (C=O) groups is 2. The van der Waals surface area contributed by atoms with Gasteiger partial charge in [-0.05, 0) is 46.2 Å². The Labute approximate surface area is 135 Å². The molecular weight excluding hydrogens is 294 g/mol. The summed E-state index contributed by atoms with van der Waals surface area (Å²) in [7, 11) is 0. The van der Waals surface area contributed by atoms with Gasteiger partial charge >= 0.3 is 5.97 Å². The van der Waals surface area contributed by atoms with E-state index in [4.69, 9.17) is 9.15 Å². The highest BCUT2D eigenvalue weighted by atomic mass is 16.5. The highest BCUT2D eigenvalue weighted by molar-refractivity contribution is 5.97. The van der Waals surface area contributed by atoms with Crippen molar-refractivity contribution in [3.63, 3.8) is 0 Å². The third kappa shape index (κ3) is 3.80. The average Bonchev–Trinajstić information content (AvgIpc) is 2.73. The van der Waals surface area contributed by atoms with Crippen molar-refractivity contribution in [3.05, 3.63) is 52.0 Å². The normalized spacial score (nSPS) is 10.5. The summed E-state index contributed by atoms with van der Waals surface area (Å²) in [4.78, 5) is 24.1. The van der Waals surface area contributed by atoms with E-state index in [0.29, 0.717) is 22.8 Å². The molecule has 122 valence electrons. The van der Waals surface area contributed by atoms with Crippen LogP contribution < -0.4 is 5.32 Å². The number of amides is 1. The summed E-state index contributed by atoms with van der Waals surface area (Å²) in [6.45, 7) is 8.83. The zero-order chi connectivity index (χ0) is 17.1. The van der Waals surface area contributed by atoms with Crippen LogP contribution in [0, 0.1) is 34.6 Å². The minimum atomic E-state index is -0.548. The van der Waals surface area contributed by atoms with Gasteiger partial charge in [-0.2, -0.15) is 0 Å². The van der Waals surface area contributed by atoms with E-state index < -0.39 is 5.97 Å². The van der Waals surface area contributed by atoms with Crippen molar-refractivity contribution in [3.8, 4) is 0 Å². The molecule has 0 aliphatic rings. The molecule has 2 aromatic rings. The lowest BCUT2D eigenvalue weighted by molar-refractivity contribution is -0.119. The van der Waals surface area contributed by atoms with E-state index in [1.807, 2.05) is 32.0 Å². The topological polar surface area (TPSA) is 68.5 Å². The third-order valence-electron chi connectivity index (χ3n) is 3.76. The molecule has 23 heavy (non-hydrogen) atoms. The van der Waals surface area contributed by atoms with Gasteiger partial charge in [0.25, 0.3) is 5.91 Å². The van der Waals surface area contributed by atoms with Crippen LogP contribution in [0.15, 0.2) is 22.6 Å². The molecule has 0 saturated heterocycles. The first-order valence-corrected chi connectivity index (χ1v) is 7.40. The molecule has 2 rings (SSSR count). The minimum Gasteiger partial charge on any atom is -0.465 e. The van der Waals surface area contributed by atoms with Gasteiger partial charge in [-0.25, -0.2) is 4.79 Å². The van der Waals surface area contributed by atoms with Gasteiger partial charge in [-0.1, -0.05) is 17.7 Å². The fourth-order valence-electron chi connectivity index (χ4n) is 2.44. The highest BCUT2D eigenvalue weighted by Gasteiger charge is 2.20. The predicted molar refractivity (Wildman–Crippen MR) is 87.7 cm³/mol. The molecule has 1 N–H and O–H groups in total. The van der Waals surface area contributed by atoms with Gasteiger partial charge in [0, 0.05) is 11.3 Å². The molecule has 5 nitrogen and oxygen atoms in total. The first-order chi connectivity index (χ1) is 10.8. The van der Waals surface area contributed by atoms with Gasteiger partial charge in [-0.15, -0.1) is 0 Å². The second kappa shape index (κ2) is 6.69. The van der Waals surface area contributed by atoms with Gasteiger partial charge < -0.3 is 14.5 Å². The quantitative estimate of drug-likeness (QED) is 0.875. The van der Waals surface area contributed by atoms with E-state index in [0.717, 1.165) is 16.7 Å². The molecule has 0 aliphatic carbocycles. The van der Waals surface area contributed by atoms with Crippen LogP contribution in [0.5, 0.6) is 0 Å². The predicted octanol–water partition coefficient (Wildman–Crippen LogP) is 3.62. The van der Waals surface area contributed by atoms with Crippen LogP contribution >= 0.6 is 0 Å². The van der Waals surface area contributed by atoms with Crippen molar-refractivity contribution in [2.24, 2.45) is 0 Å². The third-order valence-corrected chi connectivity index (χ3v) is 3.76. The maximum absolute atomic E-state index is 12.1. The van der Waals surface area contributed by atoms with Gasteiger partial charge in [0.1, 0.15) is 17.1 Å². The van der Waals surface area contributed by atoms with E-state index in [2.05, 4.69) is 5.32 Å². The Morgan fingerprint density at radius 1 is 1.09 bits per heavy atom. The Morgan fingerprint density at radius 3 is 2.35 bits per heavy atom. The number of hydrogen-bond acceptors (Lipinski definition) is 4. The summed E-state index contributed by atoms with van der Waals surface area (Å²) >= 11 is 0. The molecule has 1 aromatic heterocycles. The first kappa shape index (κ1) is 16.8. The number of benzene rings is 1. The maximum Gasteiger partial charge on any atom is 0.342 e.